The molecule has 1 heterocycles. The summed E-state index contributed by atoms with van der Waals surface area (Å²) in [6, 6.07) is 20.7. The first kappa shape index (κ1) is 22.5. The van der Waals surface area contributed by atoms with Crippen molar-refractivity contribution < 1.29 is 9.59 Å². The summed E-state index contributed by atoms with van der Waals surface area (Å²) < 4.78 is 0. The van der Waals surface area contributed by atoms with Crippen LogP contribution in [0.2, 0.25) is 0 Å². The van der Waals surface area contributed by atoms with Crippen LogP contribution in [0.25, 0.3) is 6.08 Å². The zero-order chi connectivity index (χ0) is 22.4. The summed E-state index contributed by atoms with van der Waals surface area (Å²) in [5.41, 5.74) is 3.03. The molecule has 0 aliphatic rings. The summed E-state index contributed by atoms with van der Waals surface area (Å²) in [5.74, 6) is -0.647. The van der Waals surface area contributed by atoms with Crippen molar-refractivity contribution in [3.05, 3.63) is 99.4 Å². The third-order valence-electron chi connectivity index (χ3n) is 4.98. The molecule has 4 nitrogen and oxygen atoms in total. The van der Waals surface area contributed by atoms with Crippen LogP contribution in [0.4, 0.5) is 0 Å². The summed E-state index contributed by atoms with van der Waals surface area (Å²) >= 11 is 1.50. The molecule has 1 atom stereocenters. The number of hydrogen-bond donors (Lipinski definition) is 2. The number of hydrogen-bond acceptors (Lipinski definition) is 3. The highest BCUT2D eigenvalue weighted by Crippen LogP contribution is 2.24. The van der Waals surface area contributed by atoms with E-state index in [4.69, 9.17) is 0 Å². The Morgan fingerprint density at radius 2 is 1.61 bits per heavy atom. The first-order valence-electron chi connectivity index (χ1n) is 10.3. The van der Waals surface area contributed by atoms with Gasteiger partial charge in [0.05, 0.1) is 6.04 Å². The number of benzene rings is 2. The Bertz CT molecular complexity index is 1050. The third kappa shape index (κ3) is 6.15. The lowest BCUT2D eigenvalue weighted by Gasteiger charge is -2.21. The predicted molar refractivity (Wildman–Crippen MR) is 128 cm³/mol. The average molecular weight is 433 g/mol. The Labute approximate surface area is 188 Å². The summed E-state index contributed by atoms with van der Waals surface area (Å²) in [6.07, 6.45) is 1.70. The number of rotatable bonds is 6. The smallest absolute Gasteiger partial charge is 0.268 e. The minimum Gasteiger partial charge on any atom is -0.344 e. The van der Waals surface area contributed by atoms with Crippen molar-refractivity contribution in [3.8, 4) is 0 Å². The number of carbonyl (C=O) groups excluding carboxylic acids is 2. The second kappa shape index (κ2) is 9.75. The Hall–Kier alpha value is -3.18. The lowest BCUT2D eigenvalue weighted by molar-refractivity contribution is -0.118. The fraction of sp³-hybridized carbons (Fsp3) is 0.231. The van der Waals surface area contributed by atoms with Gasteiger partial charge in [0, 0.05) is 10.4 Å². The molecule has 2 N–H and O–H groups in total. The minimum absolute atomic E-state index is 0.0728. The SMILES string of the molecule is C[C@@H](NC(=O)/C(=C/c1cccs1)NC(=O)c1ccccc1)c1ccc(C(C)(C)C)cc1. The van der Waals surface area contributed by atoms with Crippen LogP contribution in [0.5, 0.6) is 0 Å². The number of carbonyl (C=O) groups is 2. The maximum absolute atomic E-state index is 13.1. The molecule has 0 spiro atoms. The fourth-order valence-corrected chi connectivity index (χ4v) is 3.74. The number of nitrogens with one attached hydrogen (secondary N) is 2. The standard InChI is InChI=1S/C26H28N2O2S/c1-18(19-12-14-21(15-13-19)26(2,3)4)27-25(30)23(17-22-11-8-16-31-22)28-24(29)20-9-6-5-7-10-20/h5-18H,1-4H3,(H,27,30)(H,28,29)/b23-17-/t18-/m1/s1. The highest BCUT2D eigenvalue weighted by molar-refractivity contribution is 7.10. The van der Waals surface area contributed by atoms with E-state index in [2.05, 4.69) is 43.5 Å². The van der Waals surface area contributed by atoms with Gasteiger partial charge in [-0.15, -0.1) is 11.3 Å². The number of thiophene rings is 1. The Morgan fingerprint density at radius 1 is 0.935 bits per heavy atom. The van der Waals surface area contributed by atoms with E-state index >= 15 is 0 Å². The lowest BCUT2D eigenvalue weighted by atomic mass is 9.86. The number of amides is 2. The maximum atomic E-state index is 13.1. The van der Waals surface area contributed by atoms with Crippen molar-refractivity contribution in [2.45, 2.75) is 39.2 Å². The van der Waals surface area contributed by atoms with E-state index in [1.165, 1.54) is 16.9 Å². The average Bonchev–Trinajstić information content (AvgIpc) is 3.26. The molecule has 2 aromatic carbocycles. The van der Waals surface area contributed by atoms with Crippen molar-refractivity contribution in [2.75, 3.05) is 0 Å². The van der Waals surface area contributed by atoms with Gasteiger partial charge in [-0.2, -0.15) is 0 Å². The van der Waals surface area contributed by atoms with E-state index < -0.39 is 0 Å². The second-order valence-corrected chi connectivity index (χ2v) is 9.44. The highest BCUT2D eigenvalue weighted by atomic mass is 32.1. The van der Waals surface area contributed by atoms with Crippen LogP contribution in [0.15, 0.2) is 77.8 Å². The van der Waals surface area contributed by atoms with E-state index in [1.54, 1.807) is 30.3 Å². The van der Waals surface area contributed by atoms with Crippen LogP contribution in [-0.2, 0) is 10.2 Å². The van der Waals surface area contributed by atoms with Crippen molar-refractivity contribution in [2.24, 2.45) is 0 Å². The first-order chi connectivity index (χ1) is 14.7. The van der Waals surface area contributed by atoms with E-state index in [-0.39, 0.29) is 29.0 Å². The molecule has 3 aromatic rings. The molecule has 31 heavy (non-hydrogen) atoms. The Kier molecular flexibility index (Phi) is 7.08. The van der Waals surface area contributed by atoms with Gasteiger partial charge in [0.1, 0.15) is 5.70 Å². The Morgan fingerprint density at radius 3 is 2.19 bits per heavy atom. The van der Waals surface area contributed by atoms with Gasteiger partial charge in [-0.25, -0.2) is 0 Å². The summed E-state index contributed by atoms with van der Waals surface area (Å²) in [5, 5.41) is 7.71. The van der Waals surface area contributed by atoms with Gasteiger partial charge in [0.2, 0.25) is 0 Å². The zero-order valence-electron chi connectivity index (χ0n) is 18.3. The molecule has 0 unspecified atom stereocenters. The van der Waals surface area contributed by atoms with Crippen molar-refractivity contribution >= 4 is 29.2 Å². The molecule has 0 fully saturated rings. The molecule has 0 aliphatic carbocycles. The molecule has 0 saturated heterocycles. The molecule has 160 valence electrons. The van der Waals surface area contributed by atoms with Crippen LogP contribution >= 0.6 is 11.3 Å². The largest absolute Gasteiger partial charge is 0.344 e. The van der Waals surface area contributed by atoms with Crippen LogP contribution in [0, 0.1) is 0 Å². The Balaban J connectivity index is 1.77. The van der Waals surface area contributed by atoms with E-state index in [1.807, 2.05) is 42.6 Å². The lowest BCUT2D eigenvalue weighted by Crippen LogP contribution is -2.36. The third-order valence-corrected chi connectivity index (χ3v) is 5.80. The van der Waals surface area contributed by atoms with E-state index in [0.717, 1.165) is 10.4 Å². The van der Waals surface area contributed by atoms with Crippen LogP contribution in [0.3, 0.4) is 0 Å². The second-order valence-electron chi connectivity index (χ2n) is 8.46. The fourth-order valence-electron chi connectivity index (χ4n) is 3.09. The van der Waals surface area contributed by atoms with Crippen molar-refractivity contribution in [1.29, 1.82) is 0 Å². The summed E-state index contributed by atoms with van der Waals surface area (Å²) in [4.78, 5) is 26.6. The van der Waals surface area contributed by atoms with Crippen LogP contribution in [-0.4, -0.2) is 11.8 Å². The minimum atomic E-state index is -0.329. The molecule has 0 saturated carbocycles. The topological polar surface area (TPSA) is 58.2 Å². The quantitative estimate of drug-likeness (QED) is 0.491. The first-order valence-corrected chi connectivity index (χ1v) is 11.1. The molecule has 0 aliphatic heterocycles. The van der Waals surface area contributed by atoms with Crippen molar-refractivity contribution in [3.63, 3.8) is 0 Å². The van der Waals surface area contributed by atoms with Gasteiger partial charge in [-0.3, -0.25) is 9.59 Å². The highest BCUT2D eigenvalue weighted by Gasteiger charge is 2.18. The predicted octanol–water partition coefficient (Wildman–Crippen LogP) is 5.69. The maximum Gasteiger partial charge on any atom is 0.268 e. The van der Waals surface area contributed by atoms with Crippen molar-refractivity contribution in [1.82, 2.24) is 10.6 Å². The normalized spacial score (nSPS) is 12.8. The summed E-state index contributed by atoms with van der Waals surface area (Å²) in [7, 11) is 0. The van der Waals surface area contributed by atoms with Gasteiger partial charge in [-0.1, -0.05) is 69.3 Å². The zero-order valence-corrected chi connectivity index (χ0v) is 19.1. The van der Waals surface area contributed by atoms with E-state index in [0.29, 0.717) is 5.56 Å². The molecular weight excluding hydrogens is 404 g/mol. The monoisotopic (exact) mass is 432 g/mol. The van der Waals surface area contributed by atoms with E-state index in [9.17, 15) is 9.59 Å². The molecule has 0 radical (unpaired) electrons. The molecular formula is C26H28N2O2S. The van der Waals surface area contributed by atoms with Crippen LogP contribution < -0.4 is 10.6 Å². The van der Waals surface area contributed by atoms with Gasteiger partial charge in [-0.05, 0) is 53.1 Å². The molecule has 5 heteroatoms. The van der Waals surface area contributed by atoms with Gasteiger partial charge >= 0.3 is 0 Å². The van der Waals surface area contributed by atoms with Gasteiger partial charge < -0.3 is 10.6 Å². The summed E-state index contributed by atoms with van der Waals surface area (Å²) in [6.45, 7) is 8.45. The van der Waals surface area contributed by atoms with Crippen LogP contribution in [0.1, 0.15) is 60.1 Å². The molecule has 3 rings (SSSR count). The molecule has 0 bridgehead atoms. The molecule has 1 aromatic heterocycles. The van der Waals surface area contributed by atoms with Gasteiger partial charge in [0.15, 0.2) is 0 Å². The van der Waals surface area contributed by atoms with Gasteiger partial charge in [0.25, 0.3) is 11.8 Å². The molecule has 2 amide bonds.